The largest absolute Gasteiger partial charge is 0.431 e. The first-order valence-corrected chi connectivity index (χ1v) is 13.2. The van der Waals surface area contributed by atoms with Crippen LogP contribution in [0.3, 0.4) is 0 Å². The molecule has 11 nitrogen and oxygen atoms in total. The molecule has 194 valence electrons. The number of rotatable bonds is 7. The first kappa shape index (κ1) is 26.9. The van der Waals surface area contributed by atoms with E-state index in [4.69, 9.17) is 4.42 Å². The smallest absolute Gasteiger partial charge is 0.416 e. The fraction of sp³-hybridized carbons (Fsp3) is 0.474. The number of carbonyl (C=O) groups is 1. The van der Waals surface area contributed by atoms with Gasteiger partial charge in [0, 0.05) is 32.9 Å². The van der Waals surface area contributed by atoms with Crippen molar-refractivity contribution < 1.29 is 39.2 Å². The van der Waals surface area contributed by atoms with Gasteiger partial charge in [0.2, 0.25) is 10.0 Å². The SMILES string of the molecule is Cc1ccc(C(F)(F)F)cc1Nc1nc(C(=O)NS(=O)(=O)N2CCC(S(=O)(=O)N(C)C)CC2)co1. The van der Waals surface area contributed by atoms with Gasteiger partial charge in [-0.15, -0.1) is 0 Å². The first-order chi connectivity index (χ1) is 16.1. The molecule has 2 N–H and O–H groups in total. The van der Waals surface area contributed by atoms with Crippen molar-refractivity contribution in [3.63, 3.8) is 0 Å². The van der Waals surface area contributed by atoms with E-state index < -0.39 is 48.8 Å². The number of hydrogen-bond acceptors (Lipinski definition) is 8. The number of aryl methyl sites for hydroxylation is 1. The molecule has 1 aliphatic heterocycles. The summed E-state index contributed by atoms with van der Waals surface area (Å²) >= 11 is 0. The normalized spacial score (nSPS) is 16.4. The molecule has 35 heavy (non-hydrogen) atoms. The number of nitrogens with one attached hydrogen (secondary N) is 2. The van der Waals surface area contributed by atoms with E-state index in [1.54, 1.807) is 6.92 Å². The molecule has 1 aliphatic rings. The van der Waals surface area contributed by atoms with Crippen molar-refractivity contribution in [2.45, 2.75) is 31.2 Å². The van der Waals surface area contributed by atoms with Crippen molar-refractivity contribution >= 4 is 37.8 Å². The molecular weight excluding hydrogens is 515 g/mol. The number of sulfonamides is 1. The van der Waals surface area contributed by atoms with Crippen molar-refractivity contribution in [3.8, 4) is 0 Å². The maximum atomic E-state index is 13.0. The highest BCUT2D eigenvalue weighted by Crippen LogP contribution is 2.33. The molecule has 1 amide bonds. The third-order valence-corrected chi connectivity index (χ3v) is 9.26. The molecule has 3 rings (SSSR count). The average molecular weight is 540 g/mol. The molecule has 1 aromatic heterocycles. The number of aromatic nitrogens is 1. The minimum Gasteiger partial charge on any atom is -0.431 e. The Hall–Kier alpha value is -2.69. The van der Waals surface area contributed by atoms with Crippen LogP contribution in [0.1, 0.15) is 34.5 Å². The summed E-state index contributed by atoms with van der Waals surface area (Å²) in [6, 6.07) is 2.70. The second kappa shape index (κ2) is 9.75. The highest BCUT2D eigenvalue weighted by atomic mass is 32.2. The highest BCUT2D eigenvalue weighted by molar-refractivity contribution is 7.89. The summed E-state index contributed by atoms with van der Waals surface area (Å²) in [4.78, 5) is 16.2. The van der Waals surface area contributed by atoms with Crippen LogP contribution in [0.2, 0.25) is 0 Å². The van der Waals surface area contributed by atoms with Crippen molar-refractivity contribution in [1.82, 2.24) is 18.3 Å². The van der Waals surface area contributed by atoms with Crippen LogP contribution in [-0.4, -0.2) is 68.8 Å². The Balaban J connectivity index is 1.65. The molecule has 2 heterocycles. The van der Waals surface area contributed by atoms with Gasteiger partial charge in [-0.3, -0.25) is 4.79 Å². The maximum Gasteiger partial charge on any atom is 0.416 e. The van der Waals surface area contributed by atoms with Crippen LogP contribution in [0.4, 0.5) is 24.9 Å². The van der Waals surface area contributed by atoms with Gasteiger partial charge in [0.15, 0.2) is 5.69 Å². The van der Waals surface area contributed by atoms with Crippen LogP contribution in [0.5, 0.6) is 0 Å². The highest BCUT2D eigenvalue weighted by Gasteiger charge is 2.36. The van der Waals surface area contributed by atoms with Crippen LogP contribution < -0.4 is 10.0 Å². The lowest BCUT2D eigenvalue weighted by atomic mass is 10.1. The minimum atomic E-state index is -4.56. The molecular formula is C19H24F3N5O6S2. The summed E-state index contributed by atoms with van der Waals surface area (Å²) in [6.45, 7) is 1.33. The minimum absolute atomic E-state index is 0.0387. The topological polar surface area (TPSA) is 142 Å². The summed E-state index contributed by atoms with van der Waals surface area (Å²) < 4.78 is 97.5. The Kier molecular flexibility index (Phi) is 7.50. The molecule has 1 aromatic carbocycles. The van der Waals surface area contributed by atoms with Gasteiger partial charge in [-0.25, -0.2) is 17.4 Å². The maximum absolute atomic E-state index is 13.0. The molecule has 0 atom stereocenters. The fourth-order valence-corrected chi connectivity index (χ4v) is 5.95. The number of carbonyl (C=O) groups excluding carboxylic acids is 1. The molecule has 16 heteroatoms. The van der Waals surface area contributed by atoms with Gasteiger partial charge in [0.25, 0.3) is 11.9 Å². The lowest BCUT2D eigenvalue weighted by molar-refractivity contribution is -0.137. The average Bonchev–Trinajstić information content (AvgIpc) is 3.23. The summed E-state index contributed by atoms with van der Waals surface area (Å²) in [5.41, 5.74) is -0.838. The molecule has 2 aromatic rings. The van der Waals surface area contributed by atoms with Crippen LogP contribution in [0.25, 0.3) is 0 Å². The fourth-order valence-electron chi connectivity index (χ4n) is 3.39. The number of hydrogen-bond donors (Lipinski definition) is 2. The zero-order valence-electron chi connectivity index (χ0n) is 19.0. The van der Waals surface area contributed by atoms with Crippen molar-refractivity contribution in [2.24, 2.45) is 0 Å². The number of alkyl halides is 3. The van der Waals surface area contributed by atoms with Crippen molar-refractivity contribution in [1.29, 1.82) is 0 Å². The Morgan fingerprint density at radius 2 is 1.80 bits per heavy atom. The molecule has 1 saturated heterocycles. The van der Waals surface area contributed by atoms with Gasteiger partial charge in [-0.1, -0.05) is 6.07 Å². The molecule has 0 bridgehead atoms. The van der Waals surface area contributed by atoms with Gasteiger partial charge >= 0.3 is 16.4 Å². The van der Waals surface area contributed by atoms with Crippen LogP contribution >= 0.6 is 0 Å². The number of nitrogens with zero attached hydrogens (tertiary/aromatic N) is 3. The summed E-state index contributed by atoms with van der Waals surface area (Å²) in [5.74, 6) is -1.12. The van der Waals surface area contributed by atoms with Gasteiger partial charge in [-0.2, -0.15) is 30.9 Å². The lowest BCUT2D eigenvalue weighted by Gasteiger charge is -2.31. The van der Waals surface area contributed by atoms with E-state index in [2.05, 4.69) is 10.3 Å². The van der Waals surface area contributed by atoms with E-state index in [1.165, 1.54) is 20.2 Å². The Bertz CT molecular complexity index is 1300. The summed E-state index contributed by atoms with van der Waals surface area (Å²) in [5, 5.41) is 1.80. The number of piperidine rings is 1. The standard InChI is InChI=1S/C19H24F3N5O6S2/c1-12-4-5-13(19(20,21)22)10-15(12)23-18-24-16(11-33-18)17(28)25-35(31,32)27-8-6-14(7-9-27)34(29,30)26(2)3/h4-5,10-11,14H,6-9H2,1-3H3,(H,23,24)(H,25,28). The monoisotopic (exact) mass is 539 g/mol. The van der Waals surface area contributed by atoms with Crippen LogP contribution in [-0.2, 0) is 26.4 Å². The van der Waals surface area contributed by atoms with Crippen molar-refractivity contribution in [2.75, 3.05) is 32.5 Å². The molecule has 1 fully saturated rings. The van der Waals surface area contributed by atoms with Crippen molar-refractivity contribution in [3.05, 3.63) is 41.3 Å². The van der Waals surface area contributed by atoms with Crippen LogP contribution in [0.15, 0.2) is 28.9 Å². The predicted octanol–water partition coefficient (Wildman–Crippen LogP) is 2.08. The zero-order valence-corrected chi connectivity index (χ0v) is 20.6. The third-order valence-electron chi connectivity index (χ3n) is 5.44. The van der Waals surface area contributed by atoms with Gasteiger partial charge in [0.1, 0.15) is 6.26 Å². The van der Waals surface area contributed by atoms with E-state index >= 15 is 0 Å². The van der Waals surface area contributed by atoms with E-state index in [1.807, 2.05) is 4.72 Å². The zero-order chi connectivity index (χ0) is 26.2. The number of anilines is 2. The summed E-state index contributed by atoms with van der Waals surface area (Å²) in [6.07, 6.45) is -3.59. The molecule has 0 radical (unpaired) electrons. The summed E-state index contributed by atoms with van der Waals surface area (Å²) in [7, 11) is -5.05. The van der Waals surface area contributed by atoms with E-state index in [9.17, 15) is 34.8 Å². The van der Waals surface area contributed by atoms with Gasteiger partial charge in [-0.05, 0) is 37.5 Å². The Morgan fingerprint density at radius 3 is 2.37 bits per heavy atom. The number of amides is 1. The molecule has 0 saturated carbocycles. The van der Waals surface area contributed by atoms with Gasteiger partial charge in [0.05, 0.1) is 10.8 Å². The molecule has 0 spiro atoms. The lowest BCUT2D eigenvalue weighted by Crippen LogP contribution is -2.50. The van der Waals surface area contributed by atoms with E-state index in [0.717, 1.165) is 27.0 Å². The predicted molar refractivity (Wildman–Crippen MR) is 120 cm³/mol. The number of benzene rings is 1. The second-order valence-corrected chi connectivity index (χ2v) is 12.1. The third kappa shape index (κ3) is 6.12. The number of halogens is 3. The van der Waals surface area contributed by atoms with E-state index in [-0.39, 0.29) is 37.6 Å². The van der Waals surface area contributed by atoms with E-state index in [0.29, 0.717) is 5.56 Å². The first-order valence-electron chi connectivity index (χ1n) is 10.2. The quantitative estimate of drug-likeness (QED) is 0.545. The Morgan fingerprint density at radius 1 is 1.17 bits per heavy atom. The molecule has 0 aliphatic carbocycles. The second-order valence-electron chi connectivity index (χ2n) is 8.05. The van der Waals surface area contributed by atoms with Gasteiger partial charge < -0.3 is 9.73 Å². The molecule has 0 unspecified atom stereocenters. The number of oxazole rings is 1. The Labute approximate surface area is 200 Å². The van der Waals surface area contributed by atoms with Crippen LogP contribution in [0, 0.1) is 6.92 Å².